The van der Waals surface area contributed by atoms with E-state index in [1.165, 1.54) is 5.56 Å². The monoisotopic (exact) mass is 301 g/mol. The number of anilines is 1. The van der Waals surface area contributed by atoms with Gasteiger partial charge in [-0.3, -0.25) is 4.99 Å². The molecule has 0 saturated carbocycles. The SMILES string of the molecule is ICc1ccc(NC2=NCCN2)cc1. The van der Waals surface area contributed by atoms with Crippen molar-refractivity contribution in [3.8, 4) is 0 Å². The molecule has 0 spiro atoms. The van der Waals surface area contributed by atoms with Crippen molar-refractivity contribution in [2.24, 2.45) is 4.99 Å². The van der Waals surface area contributed by atoms with Crippen molar-refractivity contribution >= 4 is 34.2 Å². The van der Waals surface area contributed by atoms with E-state index in [1.54, 1.807) is 0 Å². The predicted octanol–water partition coefficient (Wildman–Crippen LogP) is 1.99. The number of halogens is 1. The standard InChI is InChI=1S/C10H12IN3/c11-7-8-1-3-9(4-2-8)14-10-12-5-6-13-10/h1-4H,5-7H2,(H2,12,13,14). The predicted molar refractivity (Wildman–Crippen MR) is 68.1 cm³/mol. The molecule has 2 N–H and O–H groups in total. The maximum atomic E-state index is 4.27. The Hall–Kier alpha value is -0.780. The molecule has 1 aromatic rings. The number of alkyl halides is 1. The van der Waals surface area contributed by atoms with Gasteiger partial charge in [0.2, 0.25) is 0 Å². The van der Waals surface area contributed by atoms with Crippen molar-refractivity contribution in [3.63, 3.8) is 0 Å². The summed E-state index contributed by atoms with van der Waals surface area (Å²) >= 11 is 2.36. The van der Waals surface area contributed by atoms with Crippen molar-refractivity contribution in [2.75, 3.05) is 18.4 Å². The lowest BCUT2D eigenvalue weighted by Gasteiger charge is -2.06. The van der Waals surface area contributed by atoms with Crippen LogP contribution in [-0.2, 0) is 4.43 Å². The summed E-state index contributed by atoms with van der Waals surface area (Å²) in [6.45, 7) is 1.81. The highest BCUT2D eigenvalue weighted by Crippen LogP contribution is 2.12. The van der Waals surface area contributed by atoms with Crippen molar-refractivity contribution in [2.45, 2.75) is 4.43 Å². The van der Waals surface area contributed by atoms with Gasteiger partial charge in [-0.05, 0) is 17.7 Å². The molecule has 0 saturated heterocycles. The lowest BCUT2D eigenvalue weighted by Crippen LogP contribution is -2.26. The molecule has 0 fully saturated rings. The van der Waals surface area contributed by atoms with Crippen LogP contribution in [0.15, 0.2) is 29.3 Å². The average molecular weight is 301 g/mol. The third-order valence-electron chi connectivity index (χ3n) is 2.05. The van der Waals surface area contributed by atoms with Gasteiger partial charge in [0.1, 0.15) is 0 Å². The lowest BCUT2D eigenvalue weighted by molar-refractivity contribution is 0.959. The molecule has 1 aromatic carbocycles. The number of aliphatic imine (C=N–C) groups is 1. The van der Waals surface area contributed by atoms with Crippen LogP contribution >= 0.6 is 22.6 Å². The highest BCUT2D eigenvalue weighted by Gasteiger charge is 2.03. The summed E-state index contributed by atoms with van der Waals surface area (Å²) in [5, 5.41) is 6.40. The number of hydrogen-bond acceptors (Lipinski definition) is 3. The number of nitrogens with zero attached hydrogens (tertiary/aromatic N) is 1. The van der Waals surface area contributed by atoms with Crippen molar-refractivity contribution < 1.29 is 0 Å². The fourth-order valence-corrected chi connectivity index (χ4v) is 1.80. The Labute approximate surface area is 97.1 Å². The molecule has 0 bridgehead atoms. The van der Waals surface area contributed by atoms with Crippen LogP contribution in [0.5, 0.6) is 0 Å². The van der Waals surface area contributed by atoms with Crippen molar-refractivity contribution in [1.82, 2.24) is 5.32 Å². The molecule has 0 aliphatic carbocycles. The molecule has 0 radical (unpaired) electrons. The Kier molecular flexibility index (Phi) is 3.23. The van der Waals surface area contributed by atoms with Gasteiger partial charge in [0.25, 0.3) is 0 Å². The Morgan fingerprint density at radius 2 is 2.14 bits per heavy atom. The highest BCUT2D eigenvalue weighted by atomic mass is 127. The molecular formula is C10H12IN3. The molecule has 0 unspecified atom stereocenters. The van der Waals surface area contributed by atoms with Gasteiger partial charge >= 0.3 is 0 Å². The van der Waals surface area contributed by atoms with Crippen LogP contribution in [-0.4, -0.2) is 19.0 Å². The average Bonchev–Trinajstić information content (AvgIpc) is 2.72. The Balaban J connectivity index is 2.02. The molecule has 1 heterocycles. The van der Waals surface area contributed by atoms with Crippen LogP contribution in [0.3, 0.4) is 0 Å². The molecule has 1 aliphatic heterocycles. The molecule has 0 atom stereocenters. The highest BCUT2D eigenvalue weighted by molar-refractivity contribution is 14.1. The van der Waals surface area contributed by atoms with E-state index in [1.807, 2.05) is 0 Å². The summed E-state index contributed by atoms with van der Waals surface area (Å²) in [5.74, 6) is 0.882. The third-order valence-corrected chi connectivity index (χ3v) is 2.93. The lowest BCUT2D eigenvalue weighted by atomic mass is 10.2. The number of guanidine groups is 1. The fourth-order valence-electron chi connectivity index (χ4n) is 1.30. The van der Waals surface area contributed by atoms with Crippen molar-refractivity contribution in [1.29, 1.82) is 0 Å². The number of benzene rings is 1. The summed E-state index contributed by atoms with van der Waals surface area (Å²) in [7, 11) is 0. The Morgan fingerprint density at radius 3 is 2.71 bits per heavy atom. The minimum atomic E-state index is 0.869. The maximum absolute atomic E-state index is 4.27. The molecule has 74 valence electrons. The fraction of sp³-hybridized carbons (Fsp3) is 0.300. The van der Waals surface area contributed by atoms with Crippen LogP contribution in [0.1, 0.15) is 5.56 Å². The summed E-state index contributed by atoms with van der Waals surface area (Å²) in [6.07, 6.45) is 0. The van der Waals surface area contributed by atoms with Crippen LogP contribution < -0.4 is 10.6 Å². The molecule has 1 aliphatic rings. The zero-order valence-electron chi connectivity index (χ0n) is 7.76. The number of nitrogens with one attached hydrogen (secondary N) is 2. The molecular weight excluding hydrogens is 289 g/mol. The first-order valence-corrected chi connectivity index (χ1v) is 6.11. The van der Waals surface area contributed by atoms with Crippen molar-refractivity contribution in [3.05, 3.63) is 29.8 Å². The number of hydrogen-bond donors (Lipinski definition) is 2. The van der Waals surface area contributed by atoms with Gasteiger partial charge in [-0.15, -0.1) is 0 Å². The molecule has 3 nitrogen and oxygen atoms in total. The van der Waals surface area contributed by atoms with E-state index in [0.29, 0.717) is 0 Å². The minimum Gasteiger partial charge on any atom is -0.354 e. The van der Waals surface area contributed by atoms with Crippen LogP contribution in [0, 0.1) is 0 Å². The van der Waals surface area contributed by atoms with Gasteiger partial charge in [0.05, 0.1) is 6.54 Å². The first kappa shape index (κ1) is 9.76. The zero-order chi connectivity index (χ0) is 9.80. The smallest absolute Gasteiger partial charge is 0.195 e. The summed E-state index contributed by atoms with van der Waals surface area (Å²) < 4.78 is 1.05. The maximum Gasteiger partial charge on any atom is 0.195 e. The van der Waals surface area contributed by atoms with Gasteiger partial charge in [-0.1, -0.05) is 34.7 Å². The second-order valence-electron chi connectivity index (χ2n) is 3.11. The van der Waals surface area contributed by atoms with Gasteiger partial charge in [-0.25, -0.2) is 0 Å². The van der Waals surface area contributed by atoms with E-state index < -0.39 is 0 Å². The van der Waals surface area contributed by atoms with E-state index in [4.69, 9.17) is 0 Å². The largest absolute Gasteiger partial charge is 0.354 e. The van der Waals surface area contributed by atoms with Crippen LogP contribution in [0.4, 0.5) is 5.69 Å². The van der Waals surface area contributed by atoms with Gasteiger partial charge in [-0.2, -0.15) is 0 Å². The summed E-state index contributed by atoms with van der Waals surface area (Å²) in [6, 6.07) is 8.42. The Morgan fingerprint density at radius 1 is 1.36 bits per heavy atom. The minimum absolute atomic E-state index is 0.869. The Bertz CT molecular complexity index is 332. The molecule has 2 rings (SSSR count). The molecule has 0 amide bonds. The second-order valence-corrected chi connectivity index (χ2v) is 3.88. The first-order chi connectivity index (χ1) is 6.88. The topological polar surface area (TPSA) is 36.4 Å². The van der Waals surface area contributed by atoms with E-state index >= 15 is 0 Å². The van der Waals surface area contributed by atoms with Gasteiger partial charge in [0.15, 0.2) is 5.96 Å². The normalized spacial score (nSPS) is 14.8. The summed E-state index contributed by atoms with van der Waals surface area (Å²) in [5.41, 5.74) is 2.43. The number of rotatable bonds is 2. The van der Waals surface area contributed by atoms with E-state index in [-0.39, 0.29) is 0 Å². The van der Waals surface area contributed by atoms with Crippen LogP contribution in [0.25, 0.3) is 0 Å². The van der Waals surface area contributed by atoms with Gasteiger partial charge in [0, 0.05) is 16.7 Å². The molecule has 14 heavy (non-hydrogen) atoms. The molecule has 0 aromatic heterocycles. The third kappa shape index (κ3) is 2.37. The summed E-state index contributed by atoms with van der Waals surface area (Å²) in [4.78, 5) is 4.27. The second kappa shape index (κ2) is 4.63. The van der Waals surface area contributed by atoms with Gasteiger partial charge < -0.3 is 10.6 Å². The van der Waals surface area contributed by atoms with E-state index in [9.17, 15) is 0 Å². The van der Waals surface area contributed by atoms with E-state index in [0.717, 1.165) is 29.2 Å². The van der Waals surface area contributed by atoms with E-state index in [2.05, 4.69) is 62.5 Å². The first-order valence-electron chi connectivity index (χ1n) is 4.59. The van der Waals surface area contributed by atoms with Crippen LogP contribution in [0.2, 0.25) is 0 Å². The molecule has 4 heteroatoms. The quantitative estimate of drug-likeness (QED) is 0.647. The zero-order valence-corrected chi connectivity index (χ0v) is 9.91.